The topological polar surface area (TPSA) is 103 Å². The zero-order valence-corrected chi connectivity index (χ0v) is 9.44. The highest BCUT2D eigenvalue weighted by molar-refractivity contribution is 7.99. The summed E-state index contributed by atoms with van der Waals surface area (Å²) in [5.41, 5.74) is -0.370. The van der Waals surface area contributed by atoms with Crippen LogP contribution in [0.3, 0.4) is 0 Å². The molecule has 0 spiro atoms. The van der Waals surface area contributed by atoms with Crippen molar-refractivity contribution in [1.29, 1.82) is 0 Å². The summed E-state index contributed by atoms with van der Waals surface area (Å²) in [7, 11) is 0. The molecule has 0 radical (unpaired) electrons. The maximum Gasteiger partial charge on any atom is 0.327 e. The Morgan fingerprint density at radius 3 is 2.88 bits per heavy atom. The monoisotopic (exact) mass is 255 g/mol. The van der Waals surface area contributed by atoms with Crippen molar-refractivity contribution in [3.05, 3.63) is 28.2 Å². The number of thioether (sulfide) groups is 1. The van der Waals surface area contributed by atoms with E-state index in [0.29, 0.717) is 11.6 Å². The molecule has 1 aliphatic heterocycles. The number of carboxylic acids is 1. The number of carbonyl (C=O) groups is 2. The van der Waals surface area contributed by atoms with E-state index in [9.17, 15) is 14.4 Å². The summed E-state index contributed by atoms with van der Waals surface area (Å²) in [5, 5.41) is 14.7. The molecule has 1 amide bonds. The maximum absolute atomic E-state index is 11.9. The fraction of sp³-hybridized carbons (Fsp3) is 0.333. The van der Waals surface area contributed by atoms with E-state index in [1.165, 1.54) is 28.8 Å². The number of H-pyrrole nitrogens is 1. The molecule has 8 heteroatoms. The number of nitrogens with one attached hydrogen (secondary N) is 1. The van der Waals surface area contributed by atoms with Gasteiger partial charge >= 0.3 is 5.97 Å². The number of carboxylic acid groups (broad SMARTS) is 1. The number of amides is 1. The van der Waals surface area contributed by atoms with Crippen molar-refractivity contribution in [2.75, 3.05) is 11.6 Å². The highest BCUT2D eigenvalue weighted by atomic mass is 32.2. The lowest BCUT2D eigenvalue weighted by Crippen LogP contribution is -2.42. The van der Waals surface area contributed by atoms with Crippen molar-refractivity contribution in [1.82, 2.24) is 15.1 Å². The van der Waals surface area contributed by atoms with Crippen LogP contribution in [-0.4, -0.2) is 49.8 Å². The lowest BCUT2D eigenvalue weighted by Gasteiger charge is -2.19. The number of aromatic amines is 1. The number of aromatic nitrogens is 2. The van der Waals surface area contributed by atoms with Gasteiger partial charge < -0.3 is 10.0 Å². The molecule has 1 saturated heterocycles. The van der Waals surface area contributed by atoms with E-state index in [0.717, 1.165) is 0 Å². The molecular weight excluding hydrogens is 246 g/mol. The van der Waals surface area contributed by atoms with Crippen molar-refractivity contribution in [3.63, 3.8) is 0 Å². The third-order valence-electron chi connectivity index (χ3n) is 2.33. The van der Waals surface area contributed by atoms with Crippen LogP contribution >= 0.6 is 11.8 Å². The van der Waals surface area contributed by atoms with Gasteiger partial charge in [-0.1, -0.05) is 0 Å². The Balaban J connectivity index is 2.22. The molecule has 1 aromatic heterocycles. The molecule has 0 unspecified atom stereocenters. The predicted molar refractivity (Wildman–Crippen MR) is 59.8 cm³/mol. The van der Waals surface area contributed by atoms with E-state index in [1.807, 2.05) is 0 Å². The molecule has 0 aromatic carbocycles. The minimum atomic E-state index is -1.03. The summed E-state index contributed by atoms with van der Waals surface area (Å²) in [6.07, 6.45) is 0. The number of hydrogen-bond acceptors (Lipinski definition) is 5. The average Bonchev–Trinajstić information content (AvgIpc) is 2.78. The Hall–Kier alpha value is -1.83. The quantitative estimate of drug-likeness (QED) is 0.729. The molecule has 1 aromatic rings. The van der Waals surface area contributed by atoms with E-state index in [2.05, 4.69) is 10.2 Å². The largest absolute Gasteiger partial charge is 0.480 e. The maximum atomic E-state index is 11.9. The number of hydrogen-bond donors (Lipinski definition) is 2. The molecule has 2 rings (SSSR count). The normalized spacial score (nSPS) is 19.3. The van der Waals surface area contributed by atoms with E-state index in [-0.39, 0.29) is 5.69 Å². The zero-order chi connectivity index (χ0) is 12.4. The second kappa shape index (κ2) is 4.58. The van der Waals surface area contributed by atoms with Crippen LogP contribution in [0.25, 0.3) is 0 Å². The fourth-order valence-electron chi connectivity index (χ4n) is 1.46. The Labute approximate surface area is 99.8 Å². The molecule has 1 aliphatic rings. The fourth-order valence-corrected chi connectivity index (χ4v) is 2.60. The Morgan fingerprint density at radius 1 is 1.53 bits per heavy atom. The minimum absolute atomic E-state index is 0.0401. The lowest BCUT2D eigenvalue weighted by atomic mass is 10.2. The van der Waals surface area contributed by atoms with Gasteiger partial charge in [0, 0.05) is 11.8 Å². The lowest BCUT2D eigenvalue weighted by molar-refractivity contribution is -0.140. The van der Waals surface area contributed by atoms with Crippen LogP contribution in [0, 0.1) is 0 Å². The van der Waals surface area contributed by atoms with Crippen LogP contribution in [0.2, 0.25) is 0 Å². The summed E-state index contributed by atoms with van der Waals surface area (Å²) < 4.78 is 0. The molecule has 2 N–H and O–H groups in total. The number of rotatable bonds is 2. The van der Waals surface area contributed by atoms with Crippen LogP contribution in [0.1, 0.15) is 10.5 Å². The Morgan fingerprint density at radius 2 is 2.29 bits per heavy atom. The van der Waals surface area contributed by atoms with Crippen molar-refractivity contribution < 1.29 is 14.7 Å². The first-order valence-electron chi connectivity index (χ1n) is 4.77. The molecule has 1 fully saturated rings. The van der Waals surface area contributed by atoms with Gasteiger partial charge in [-0.3, -0.25) is 9.59 Å². The van der Waals surface area contributed by atoms with E-state index < -0.39 is 23.5 Å². The third-order valence-corrected chi connectivity index (χ3v) is 3.34. The standard InChI is InChI=1S/C9H9N3O4S/c13-7-2-1-5(10-11-7)8(14)12-4-17-3-6(12)9(15)16/h1-2,6H,3-4H2,(H,11,13)(H,15,16)/t6-/m0/s1. The molecule has 7 nitrogen and oxygen atoms in total. The van der Waals surface area contributed by atoms with Crippen molar-refractivity contribution in [2.45, 2.75) is 6.04 Å². The number of nitrogens with zero attached hydrogens (tertiary/aromatic N) is 2. The van der Waals surface area contributed by atoms with Gasteiger partial charge in [0.15, 0.2) is 0 Å². The highest BCUT2D eigenvalue weighted by Gasteiger charge is 2.35. The van der Waals surface area contributed by atoms with Crippen LogP contribution in [0.4, 0.5) is 0 Å². The molecule has 17 heavy (non-hydrogen) atoms. The molecule has 0 bridgehead atoms. The highest BCUT2D eigenvalue weighted by Crippen LogP contribution is 2.22. The van der Waals surface area contributed by atoms with E-state index in [4.69, 9.17) is 5.11 Å². The van der Waals surface area contributed by atoms with E-state index >= 15 is 0 Å². The summed E-state index contributed by atoms with van der Waals surface area (Å²) in [6.45, 7) is 0. The van der Waals surface area contributed by atoms with Crippen LogP contribution in [0.15, 0.2) is 16.9 Å². The third kappa shape index (κ3) is 2.31. The van der Waals surface area contributed by atoms with Gasteiger partial charge in [-0.15, -0.1) is 11.8 Å². The van der Waals surface area contributed by atoms with Crippen LogP contribution in [-0.2, 0) is 4.79 Å². The van der Waals surface area contributed by atoms with Crippen LogP contribution in [0.5, 0.6) is 0 Å². The minimum Gasteiger partial charge on any atom is -0.480 e. The summed E-state index contributed by atoms with van der Waals surface area (Å²) in [4.78, 5) is 34.9. The Kier molecular flexibility index (Phi) is 3.14. The average molecular weight is 255 g/mol. The SMILES string of the molecule is O=C(O)[C@@H]1CSCN1C(=O)c1ccc(=O)[nH]n1. The van der Waals surface area contributed by atoms with Gasteiger partial charge in [0.05, 0.1) is 5.88 Å². The van der Waals surface area contributed by atoms with Gasteiger partial charge in [-0.05, 0) is 6.07 Å². The number of carbonyl (C=O) groups excluding carboxylic acids is 1. The zero-order valence-electron chi connectivity index (χ0n) is 8.62. The molecule has 90 valence electrons. The number of aliphatic carboxylic acids is 1. The van der Waals surface area contributed by atoms with Crippen molar-refractivity contribution in [3.8, 4) is 0 Å². The van der Waals surface area contributed by atoms with Gasteiger partial charge in [0.1, 0.15) is 11.7 Å². The molecule has 1 atom stereocenters. The van der Waals surface area contributed by atoms with Gasteiger partial charge in [-0.25, -0.2) is 9.89 Å². The summed E-state index contributed by atoms with van der Waals surface area (Å²) >= 11 is 1.37. The molecule has 0 aliphatic carbocycles. The molecular formula is C9H9N3O4S. The first kappa shape index (κ1) is 11.6. The molecule has 2 heterocycles. The van der Waals surface area contributed by atoms with E-state index in [1.54, 1.807) is 0 Å². The van der Waals surface area contributed by atoms with Crippen LogP contribution < -0.4 is 5.56 Å². The summed E-state index contributed by atoms with van der Waals surface area (Å²) in [6, 6.07) is 1.63. The molecule has 0 saturated carbocycles. The smallest absolute Gasteiger partial charge is 0.327 e. The second-order valence-corrected chi connectivity index (χ2v) is 4.44. The van der Waals surface area contributed by atoms with Crippen molar-refractivity contribution in [2.24, 2.45) is 0 Å². The van der Waals surface area contributed by atoms with Gasteiger partial charge in [0.2, 0.25) is 0 Å². The second-order valence-electron chi connectivity index (χ2n) is 3.44. The van der Waals surface area contributed by atoms with Crippen molar-refractivity contribution >= 4 is 23.6 Å². The Bertz CT molecular complexity index is 495. The van der Waals surface area contributed by atoms with Gasteiger partial charge in [-0.2, -0.15) is 5.10 Å². The summed E-state index contributed by atoms with van der Waals surface area (Å²) in [5.74, 6) is -0.840. The first-order chi connectivity index (χ1) is 8.09. The first-order valence-corrected chi connectivity index (χ1v) is 5.92. The predicted octanol–water partition coefficient (Wildman–Crippen LogP) is -0.630. The van der Waals surface area contributed by atoms with Gasteiger partial charge in [0.25, 0.3) is 11.5 Å².